The second-order valence-electron chi connectivity index (χ2n) is 8.41. The number of imidazole rings is 1. The SMILES string of the molecule is ON1CCN(c2ccc(OC[C@@H]3CO[C@](Cn4ccnc4)(c4ccc(Cl)cc4Cl)O3)cc2)CC1. The van der Waals surface area contributed by atoms with Gasteiger partial charge in [0.2, 0.25) is 5.79 Å². The van der Waals surface area contributed by atoms with Crippen molar-refractivity contribution in [1.29, 1.82) is 0 Å². The lowest BCUT2D eigenvalue weighted by Gasteiger charge is -2.32. The molecule has 8 nitrogen and oxygen atoms in total. The van der Waals surface area contributed by atoms with Crippen LogP contribution >= 0.6 is 23.2 Å². The van der Waals surface area contributed by atoms with Gasteiger partial charge in [-0.15, -0.1) is 0 Å². The van der Waals surface area contributed by atoms with Crippen molar-refractivity contribution in [2.45, 2.75) is 18.4 Å². The lowest BCUT2D eigenvalue weighted by molar-refractivity contribution is -0.189. The van der Waals surface area contributed by atoms with Crippen molar-refractivity contribution in [1.82, 2.24) is 14.6 Å². The minimum absolute atomic E-state index is 0.285. The molecule has 0 radical (unpaired) electrons. The van der Waals surface area contributed by atoms with Crippen molar-refractivity contribution >= 4 is 28.9 Å². The molecule has 2 aliphatic rings. The van der Waals surface area contributed by atoms with E-state index < -0.39 is 5.79 Å². The number of aromatic nitrogens is 2. The molecule has 0 amide bonds. The van der Waals surface area contributed by atoms with E-state index in [2.05, 4.69) is 9.88 Å². The molecule has 0 unspecified atom stereocenters. The van der Waals surface area contributed by atoms with Crippen LogP contribution in [-0.4, -0.2) is 65.3 Å². The highest BCUT2D eigenvalue weighted by atomic mass is 35.5. The predicted molar refractivity (Wildman–Crippen MR) is 129 cm³/mol. The third-order valence-electron chi connectivity index (χ3n) is 6.04. The van der Waals surface area contributed by atoms with E-state index >= 15 is 0 Å². The Hall–Kier alpha value is -2.33. The zero-order chi connectivity index (χ0) is 23.5. The summed E-state index contributed by atoms with van der Waals surface area (Å²) in [5, 5.41) is 11.9. The van der Waals surface area contributed by atoms with E-state index in [0.29, 0.717) is 48.5 Å². The van der Waals surface area contributed by atoms with Crippen molar-refractivity contribution < 1.29 is 19.4 Å². The lowest BCUT2D eigenvalue weighted by Crippen LogP contribution is -2.44. The number of rotatable bonds is 7. The fraction of sp³-hybridized carbons (Fsp3) is 0.375. The molecule has 0 bridgehead atoms. The highest BCUT2D eigenvalue weighted by Crippen LogP contribution is 2.40. The van der Waals surface area contributed by atoms with Crippen molar-refractivity contribution in [2.75, 3.05) is 44.3 Å². The molecule has 180 valence electrons. The summed E-state index contributed by atoms with van der Waals surface area (Å²) in [5.74, 6) is -0.320. The van der Waals surface area contributed by atoms with E-state index in [1.807, 2.05) is 41.1 Å². The Balaban J connectivity index is 1.25. The molecular formula is C24H26Cl2N4O4. The summed E-state index contributed by atoms with van der Waals surface area (Å²) in [6.45, 7) is 3.93. The van der Waals surface area contributed by atoms with Gasteiger partial charge in [-0.3, -0.25) is 0 Å². The van der Waals surface area contributed by atoms with Crippen LogP contribution in [0.15, 0.2) is 61.2 Å². The maximum Gasteiger partial charge on any atom is 0.215 e. The quantitative estimate of drug-likeness (QED) is 0.520. The molecule has 1 N–H and O–H groups in total. The fourth-order valence-corrected chi connectivity index (χ4v) is 4.82. The Kier molecular flexibility index (Phi) is 6.96. The van der Waals surface area contributed by atoms with Crippen molar-refractivity contribution in [3.05, 3.63) is 76.8 Å². The number of hydroxylamine groups is 2. The molecule has 10 heteroatoms. The maximum atomic E-state index is 9.55. The van der Waals surface area contributed by atoms with Gasteiger partial charge < -0.3 is 28.9 Å². The Bertz CT molecular complexity index is 1090. The molecule has 3 heterocycles. The van der Waals surface area contributed by atoms with E-state index in [1.165, 1.54) is 5.06 Å². The molecule has 2 fully saturated rings. The molecular weight excluding hydrogens is 479 g/mol. The van der Waals surface area contributed by atoms with Crippen LogP contribution in [0.25, 0.3) is 0 Å². The standard InChI is InChI=1S/C24H26Cl2N4O4/c25-18-1-6-22(23(26)13-18)24(16-28-8-7-27-17-28)33-15-21(34-24)14-32-20-4-2-19(3-5-20)29-9-11-30(31)12-10-29/h1-8,13,17,21,31H,9-12,14-16H2/t21-,24+/m1/s1. The summed E-state index contributed by atoms with van der Waals surface area (Å²) in [4.78, 5) is 6.36. The van der Waals surface area contributed by atoms with Crippen LogP contribution in [0, 0.1) is 0 Å². The minimum Gasteiger partial charge on any atom is -0.491 e. The molecule has 2 atom stereocenters. The largest absolute Gasteiger partial charge is 0.491 e. The maximum absolute atomic E-state index is 9.55. The third-order valence-corrected chi connectivity index (χ3v) is 6.59. The summed E-state index contributed by atoms with van der Waals surface area (Å²) < 4.78 is 20.5. The molecule has 2 aliphatic heterocycles. The van der Waals surface area contributed by atoms with Crippen molar-refractivity contribution in [3.63, 3.8) is 0 Å². The predicted octanol–water partition coefficient (Wildman–Crippen LogP) is 4.05. The number of nitrogens with zero attached hydrogens (tertiary/aromatic N) is 4. The normalized spacial score (nSPS) is 23.4. The van der Waals surface area contributed by atoms with E-state index in [4.69, 9.17) is 37.4 Å². The van der Waals surface area contributed by atoms with Crippen molar-refractivity contribution in [2.24, 2.45) is 0 Å². The molecule has 0 saturated carbocycles. The average molecular weight is 505 g/mol. The first-order valence-corrected chi connectivity index (χ1v) is 11.9. The van der Waals surface area contributed by atoms with Crippen molar-refractivity contribution in [3.8, 4) is 5.75 Å². The highest BCUT2D eigenvalue weighted by molar-refractivity contribution is 6.35. The molecule has 2 aromatic carbocycles. The van der Waals surface area contributed by atoms with Gasteiger partial charge in [0.05, 0.1) is 24.5 Å². The Morgan fingerprint density at radius 3 is 2.59 bits per heavy atom. The topological polar surface area (TPSA) is 72.2 Å². The Morgan fingerprint density at radius 2 is 1.88 bits per heavy atom. The third kappa shape index (κ3) is 5.17. The molecule has 3 aromatic rings. The second-order valence-corrected chi connectivity index (χ2v) is 9.25. The summed E-state index contributed by atoms with van der Waals surface area (Å²) >= 11 is 12.6. The molecule has 1 aromatic heterocycles. The number of ether oxygens (including phenoxy) is 3. The van der Waals surface area contributed by atoms with Gasteiger partial charge in [-0.05, 0) is 36.4 Å². The summed E-state index contributed by atoms with van der Waals surface area (Å²) in [6.07, 6.45) is 4.99. The van der Waals surface area contributed by atoms with E-state index in [1.54, 1.807) is 24.7 Å². The van der Waals surface area contributed by atoms with Gasteiger partial charge >= 0.3 is 0 Å². The zero-order valence-corrected chi connectivity index (χ0v) is 20.0. The van der Waals surface area contributed by atoms with Gasteiger partial charge in [0.25, 0.3) is 0 Å². The van der Waals surface area contributed by atoms with Crippen LogP contribution in [-0.2, 0) is 21.8 Å². The van der Waals surface area contributed by atoms with Crippen LogP contribution < -0.4 is 9.64 Å². The van der Waals surface area contributed by atoms with Crippen LogP contribution in [0.2, 0.25) is 10.0 Å². The smallest absolute Gasteiger partial charge is 0.215 e. The van der Waals surface area contributed by atoms with E-state index in [-0.39, 0.29) is 6.10 Å². The first-order chi connectivity index (χ1) is 16.5. The van der Waals surface area contributed by atoms with Gasteiger partial charge in [-0.1, -0.05) is 29.3 Å². The molecule has 0 spiro atoms. The first kappa shape index (κ1) is 23.4. The number of piperazine rings is 1. The first-order valence-electron chi connectivity index (χ1n) is 11.2. The molecule has 0 aliphatic carbocycles. The summed E-state index contributed by atoms with van der Waals surface area (Å²) in [6, 6.07) is 13.3. The minimum atomic E-state index is -1.07. The molecule has 34 heavy (non-hydrogen) atoms. The second kappa shape index (κ2) is 10.1. The summed E-state index contributed by atoms with van der Waals surface area (Å²) in [5.41, 5.74) is 1.82. The number of benzene rings is 2. The van der Waals surface area contributed by atoms with E-state index in [0.717, 1.165) is 24.5 Å². The van der Waals surface area contributed by atoms with Crippen LogP contribution in [0.1, 0.15) is 5.56 Å². The molecule has 2 saturated heterocycles. The fourth-order valence-electron chi connectivity index (χ4n) is 4.27. The monoisotopic (exact) mass is 504 g/mol. The number of hydrogen-bond donors (Lipinski definition) is 1. The lowest BCUT2D eigenvalue weighted by atomic mass is 10.1. The number of anilines is 1. The number of hydrogen-bond acceptors (Lipinski definition) is 7. The number of halogens is 2. The van der Waals surface area contributed by atoms with Crippen LogP contribution in [0.3, 0.4) is 0 Å². The Morgan fingerprint density at radius 1 is 1.09 bits per heavy atom. The molecule has 5 rings (SSSR count). The van der Waals surface area contributed by atoms with Gasteiger partial charge in [0.15, 0.2) is 0 Å². The zero-order valence-electron chi connectivity index (χ0n) is 18.5. The van der Waals surface area contributed by atoms with Gasteiger partial charge in [-0.25, -0.2) is 4.98 Å². The Labute approximate surface area is 208 Å². The van der Waals surface area contributed by atoms with Crippen LogP contribution in [0.5, 0.6) is 5.75 Å². The van der Waals surface area contributed by atoms with Gasteiger partial charge in [0.1, 0.15) is 18.5 Å². The average Bonchev–Trinajstić information content (AvgIpc) is 3.49. The van der Waals surface area contributed by atoms with Gasteiger partial charge in [-0.2, -0.15) is 5.06 Å². The van der Waals surface area contributed by atoms with Crippen LogP contribution in [0.4, 0.5) is 5.69 Å². The summed E-state index contributed by atoms with van der Waals surface area (Å²) in [7, 11) is 0. The highest BCUT2D eigenvalue weighted by Gasteiger charge is 2.45. The van der Waals surface area contributed by atoms with E-state index in [9.17, 15) is 5.21 Å². The van der Waals surface area contributed by atoms with Gasteiger partial charge in [0, 0.05) is 54.8 Å².